The fourth-order valence-electron chi connectivity index (χ4n) is 2.15. The summed E-state index contributed by atoms with van der Waals surface area (Å²) >= 11 is 0. The lowest BCUT2D eigenvalue weighted by Gasteiger charge is -2.22. The molecule has 0 bridgehead atoms. The van der Waals surface area contributed by atoms with E-state index in [-0.39, 0.29) is 0 Å². The largest absolute Gasteiger partial charge is 0.420 e. The summed E-state index contributed by atoms with van der Waals surface area (Å²) in [6.07, 6.45) is 3.51. The molecule has 0 aromatic heterocycles. The highest BCUT2D eigenvalue weighted by atomic mass is 28.4. The van der Waals surface area contributed by atoms with Gasteiger partial charge in [-0.3, -0.25) is 0 Å². The Labute approximate surface area is 139 Å². The van der Waals surface area contributed by atoms with Gasteiger partial charge in [-0.1, -0.05) is 0 Å². The molecular formula is C15H38N2O3Si2. The van der Waals surface area contributed by atoms with E-state index in [4.69, 9.17) is 13.3 Å². The highest BCUT2D eigenvalue weighted by Gasteiger charge is 2.27. The molecule has 0 amide bonds. The van der Waals surface area contributed by atoms with Gasteiger partial charge in [0.25, 0.3) is 0 Å². The van der Waals surface area contributed by atoms with Crippen LogP contribution in [0.1, 0.15) is 19.3 Å². The molecule has 0 heterocycles. The smallest absolute Gasteiger partial charge is 0.334 e. The average molecular weight is 351 g/mol. The predicted octanol–water partition coefficient (Wildman–Crippen LogP) is 2.55. The molecule has 22 heavy (non-hydrogen) atoms. The monoisotopic (exact) mass is 350 g/mol. The molecule has 0 aromatic carbocycles. The van der Waals surface area contributed by atoms with Crippen LogP contribution in [-0.4, -0.2) is 64.4 Å². The first kappa shape index (κ1) is 22.2. The maximum atomic E-state index is 5.55. The summed E-state index contributed by atoms with van der Waals surface area (Å²) in [6, 6.07) is 2.28. The van der Waals surface area contributed by atoms with Crippen LogP contribution < -0.4 is 10.6 Å². The molecule has 0 aliphatic carbocycles. The van der Waals surface area contributed by atoms with E-state index in [0.29, 0.717) is 0 Å². The molecule has 0 atom stereocenters. The zero-order valence-electron chi connectivity index (χ0n) is 15.6. The highest BCUT2D eigenvalue weighted by molar-refractivity contribution is 6.71. The number of hydrogen-bond donors (Lipinski definition) is 2. The van der Waals surface area contributed by atoms with Crippen LogP contribution in [-0.2, 0) is 13.3 Å². The standard InChI is InChI=1S/C15H38N2O3Si2/c1-18-21(4,5)14-8-12-16-10-7-11-17-13-9-15-22(6,19-2)20-3/h16-17H,7-15H2,1-6H3. The van der Waals surface area contributed by atoms with Crippen LogP contribution >= 0.6 is 0 Å². The van der Waals surface area contributed by atoms with E-state index in [0.717, 1.165) is 38.6 Å². The van der Waals surface area contributed by atoms with Crippen LogP contribution in [0.2, 0.25) is 31.7 Å². The lowest BCUT2D eigenvalue weighted by Crippen LogP contribution is -2.36. The molecule has 0 fully saturated rings. The molecule has 0 rings (SSSR count). The minimum absolute atomic E-state index is 1.04. The fraction of sp³-hybridized carbons (Fsp3) is 1.00. The van der Waals surface area contributed by atoms with Crippen molar-refractivity contribution in [3.63, 3.8) is 0 Å². The van der Waals surface area contributed by atoms with E-state index in [1.54, 1.807) is 14.2 Å². The second-order valence-electron chi connectivity index (χ2n) is 6.57. The van der Waals surface area contributed by atoms with Crippen LogP contribution in [0.15, 0.2) is 0 Å². The third-order valence-electron chi connectivity index (χ3n) is 4.24. The first-order chi connectivity index (χ1) is 10.4. The zero-order valence-corrected chi connectivity index (χ0v) is 17.6. The molecule has 0 saturated heterocycles. The van der Waals surface area contributed by atoms with Gasteiger partial charge in [0, 0.05) is 21.3 Å². The van der Waals surface area contributed by atoms with Crippen molar-refractivity contribution >= 4 is 16.9 Å². The molecule has 0 saturated carbocycles. The normalized spacial score (nSPS) is 12.8. The lowest BCUT2D eigenvalue weighted by molar-refractivity contribution is 0.248. The van der Waals surface area contributed by atoms with Crippen LogP contribution in [0.25, 0.3) is 0 Å². The van der Waals surface area contributed by atoms with Crippen molar-refractivity contribution in [2.45, 2.75) is 51.0 Å². The van der Waals surface area contributed by atoms with E-state index in [1.165, 1.54) is 18.9 Å². The summed E-state index contributed by atoms with van der Waals surface area (Å²) in [5.41, 5.74) is 0. The van der Waals surface area contributed by atoms with Gasteiger partial charge in [0.2, 0.25) is 0 Å². The summed E-state index contributed by atoms with van der Waals surface area (Å²) in [4.78, 5) is 0. The van der Waals surface area contributed by atoms with Crippen LogP contribution in [0.3, 0.4) is 0 Å². The first-order valence-corrected chi connectivity index (χ1v) is 14.1. The lowest BCUT2D eigenvalue weighted by atomic mass is 10.4. The van der Waals surface area contributed by atoms with Gasteiger partial charge in [-0.15, -0.1) is 0 Å². The number of nitrogens with one attached hydrogen (secondary N) is 2. The van der Waals surface area contributed by atoms with E-state index in [9.17, 15) is 0 Å². The third-order valence-corrected chi connectivity index (χ3v) is 9.89. The van der Waals surface area contributed by atoms with E-state index < -0.39 is 16.9 Å². The molecule has 2 N–H and O–H groups in total. The summed E-state index contributed by atoms with van der Waals surface area (Å²) in [6.45, 7) is 11.0. The Bertz CT molecular complexity index is 265. The highest BCUT2D eigenvalue weighted by Crippen LogP contribution is 2.13. The van der Waals surface area contributed by atoms with Gasteiger partial charge in [-0.2, -0.15) is 0 Å². The van der Waals surface area contributed by atoms with Gasteiger partial charge < -0.3 is 23.9 Å². The Kier molecular flexibility index (Phi) is 12.8. The van der Waals surface area contributed by atoms with E-state index in [2.05, 4.69) is 30.3 Å². The molecule has 0 aromatic rings. The Morgan fingerprint density at radius 1 is 0.636 bits per heavy atom. The average Bonchev–Trinajstić information content (AvgIpc) is 2.52. The fourth-order valence-corrected chi connectivity index (χ4v) is 4.78. The van der Waals surface area contributed by atoms with Gasteiger partial charge in [-0.05, 0) is 77.2 Å². The molecule has 7 heteroatoms. The summed E-state index contributed by atoms with van der Waals surface area (Å²) in [5.74, 6) is 0. The van der Waals surface area contributed by atoms with Crippen molar-refractivity contribution in [1.82, 2.24) is 10.6 Å². The predicted molar refractivity (Wildman–Crippen MR) is 99.3 cm³/mol. The van der Waals surface area contributed by atoms with Gasteiger partial charge >= 0.3 is 8.56 Å². The minimum Gasteiger partial charge on any atom is -0.420 e. The third kappa shape index (κ3) is 11.8. The summed E-state index contributed by atoms with van der Waals surface area (Å²) < 4.78 is 16.5. The second kappa shape index (κ2) is 12.6. The van der Waals surface area contributed by atoms with E-state index >= 15 is 0 Å². The second-order valence-corrected chi connectivity index (χ2v) is 14.6. The molecule has 5 nitrogen and oxygen atoms in total. The molecule has 0 aliphatic rings. The minimum atomic E-state index is -1.87. The van der Waals surface area contributed by atoms with Gasteiger partial charge in [-0.25, -0.2) is 0 Å². The van der Waals surface area contributed by atoms with Crippen LogP contribution in [0, 0.1) is 0 Å². The number of rotatable bonds is 15. The Balaban J connectivity index is 3.31. The molecule has 0 radical (unpaired) electrons. The maximum absolute atomic E-state index is 5.55. The Hall–Kier alpha value is 0.234. The quantitative estimate of drug-likeness (QED) is 0.351. The summed E-state index contributed by atoms with van der Waals surface area (Å²) in [5, 5.41) is 7.00. The molecule has 0 spiro atoms. The SMILES string of the molecule is CO[Si](C)(C)CCCNCCCNCCC[Si](C)(OC)OC. The molecule has 0 unspecified atom stereocenters. The Morgan fingerprint density at radius 2 is 1.09 bits per heavy atom. The van der Waals surface area contributed by atoms with Crippen molar-refractivity contribution in [3.8, 4) is 0 Å². The number of hydrogen-bond acceptors (Lipinski definition) is 5. The molecular weight excluding hydrogens is 312 g/mol. The van der Waals surface area contributed by atoms with Crippen molar-refractivity contribution in [2.24, 2.45) is 0 Å². The van der Waals surface area contributed by atoms with Gasteiger partial charge in [0.15, 0.2) is 8.32 Å². The van der Waals surface area contributed by atoms with Gasteiger partial charge in [0.05, 0.1) is 0 Å². The van der Waals surface area contributed by atoms with Crippen LogP contribution in [0.4, 0.5) is 0 Å². The first-order valence-electron chi connectivity index (χ1n) is 8.46. The maximum Gasteiger partial charge on any atom is 0.334 e. The Morgan fingerprint density at radius 3 is 1.55 bits per heavy atom. The van der Waals surface area contributed by atoms with Crippen LogP contribution in [0.5, 0.6) is 0 Å². The van der Waals surface area contributed by atoms with Gasteiger partial charge in [0.1, 0.15) is 0 Å². The van der Waals surface area contributed by atoms with E-state index in [1.807, 2.05) is 7.11 Å². The summed E-state index contributed by atoms with van der Waals surface area (Å²) in [7, 11) is 2.13. The molecule has 0 aliphatic heterocycles. The van der Waals surface area contributed by atoms with Crippen molar-refractivity contribution in [3.05, 3.63) is 0 Å². The van der Waals surface area contributed by atoms with Crippen molar-refractivity contribution < 1.29 is 13.3 Å². The van der Waals surface area contributed by atoms with Crippen molar-refractivity contribution in [1.29, 1.82) is 0 Å². The zero-order chi connectivity index (χ0) is 16.9. The topological polar surface area (TPSA) is 51.8 Å². The van der Waals surface area contributed by atoms with Crippen molar-refractivity contribution in [2.75, 3.05) is 47.5 Å². The molecule has 134 valence electrons.